The van der Waals surface area contributed by atoms with Gasteiger partial charge in [0, 0.05) is 23.6 Å². The van der Waals surface area contributed by atoms with Crippen LogP contribution >= 0.6 is 0 Å². The average Bonchev–Trinajstić information content (AvgIpc) is 2.83. The Morgan fingerprint density at radius 2 is 1.67 bits per heavy atom. The molecule has 0 fully saturated rings. The highest BCUT2D eigenvalue weighted by Gasteiger charge is 2.29. The van der Waals surface area contributed by atoms with Crippen LogP contribution in [0.2, 0.25) is 0 Å². The molecule has 0 spiro atoms. The molecular formula is C17H14F3N. The number of nitrogens with zero attached hydrogens (tertiary/aromatic N) is 1. The monoisotopic (exact) mass is 289 g/mol. The van der Waals surface area contributed by atoms with Crippen LogP contribution in [0.25, 0.3) is 10.9 Å². The summed E-state index contributed by atoms with van der Waals surface area (Å²) in [5, 5.41) is 1.17. The fraction of sp³-hybridized carbons (Fsp3) is 0.176. The van der Waals surface area contributed by atoms with Gasteiger partial charge in [0.1, 0.15) is 0 Å². The maximum atomic E-state index is 12.5. The van der Waals surface area contributed by atoms with E-state index in [0.29, 0.717) is 6.54 Å². The quantitative estimate of drug-likeness (QED) is 0.624. The van der Waals surface area contributed by atoms with Crippen molar-refractivity contribution >= 4 is 10.9 Å². The van der Waals surface area contributed by atoms with Crippen molar-refractivity contribution in [3.63, 3.8) is 0 Å². The average molecular weight is 289 g/mol. The highest BCUT2D eigenvalue weighted by molar-refractivity contribution is 5.83. The molecular weight excluding hydrogens is 275 g/mol. The SMILES string of the molecule is Cc1cccc2c1ccn2Cc1ccc(C(F)(F)F)cc1. The number of halogens is 3. The van der Waals surface area contributed by atoms with Gasteiger partial charge in [-0.3, -0.25) is 0 Å². The third-order valence-corrected chi connectivity index (χ3v) is 3.67. The third-order valence-electron chi connectivity index (χ3n) is 3.67. The Morgan fingerprint density at radius 3 is 2.33 bits per heavy atom. The largest absolute Gasteiger partial charge is 0.416 e. The Morgan fingerprint density at radius 1 is 0.952 bits per heavy atom. The summed E-state index contributed by atoms with van der Waals surface area (Å²) in [4.78, 5) is 0. The van der Waals surface area contributed by atoms with Crippen LogP contribution in [0.1, 0.15) is 16.7 Å². The summed E-state index contributed by atoms with van der Waals surface area (Å²) in [6.45, 7) is 2.61. The number of aryl methyl sites for hydroxylation is 1. The lowest BCUT2D eigenvalue weighted by Crippen LogP contribution is -2.05. The van der Waals surface area contributed by atoms with Crippen LogP contribution in [0.4, 0.5) is 13.2 Å². The Labute approximate surface area is 120 Å². The molecule has 0 aliphatic carbocycles. The summed E-state index contributed by atoms with van der Waals surface area (Å²) in [5.74, 6) is 0. The lowest BCUT2D eigenvalue weighted by atomic mass is 10.1. The number of aromatic nitrogens is 1. The molecule has 0 radical (unpaired) electrons. The molecule has 21 heavy (non-hydrogen) atoms. The highest BCUT2D eigenvalue weighted by atomic mass is 19.4. The molecule has 1 heterocycles. The Balaban J connectivity index is 1.90. The van der Waals surface area contributed by atoms with Crippen molar-refractivity contribution in [2.24, 2.45) is 0 Å². The van der Waals surface area contributed by atoms with Gasteiger partial charge in [0.15, 0.2) is 0 Å². The van der Waals surface area contributed by atoms with Crippen LogP contribution in [0.5, 0.6) is 0 Å². The predicted octanol–water partition coefficient (Wildman–Crippen LogP) is 5.02. The molecule has 1 aromatic heterocycles. The molecule has 0 amide bonds. The van der Waals surface area contributed by atoms with Crippen molar-refractivity contribution in [3.05, 3.63) is 71.4 Å². The summed E-state index contributed by atoms with van der Waals surface area (Å²) in [6.07, 6.45) is -2.31. The van der Waals surface area contributed by atoms with Crippen LogP contribution in [-0.2, 0) is 12.7 Å². The molecule has 0 atom stereocenters. The summed E-state index contributed by atoms with van der Waals surface area (Å²) in [6, 6.07) is 13.4. The van der Waals surface area contributed by atoms with Gasteiger partial charge < -0.3 is 4.57 Å². The highest BCUT2D eigenvalue weighted by Crippen LogP contribution is 2.29. The van der Waals surface area contributed by atoms with Crippen molar-refractivity contribution < 1.29 is 13.2 Å². The zero-order valence-electron chi connectivity index (χ0n) is 11.5. The molecule has 108 valence electrons. The number of hydrogen-bond donors (Lipinski definition) is 0. The van der Waals surface area contributed by atoms with Crippen LogP contribution in [0, 0.1) is 6.92 Å². The van der Waals surface area contributed by atoms with Gasteiger partial charge >= 0.3 is 6.18 Å². The molecule has 1 nitrogen and oxygen atoms in total. The molecule has 0 saturated carbocycles. The summed E-state index contributed by atoms with van der Waals surface area (Å²) in [5.41, 5.74) is 2.52. The number of benzene rings is 2. The van der Waals surface area contributed by atoms with E-state index in [4.69, 9.17) is 0 Å². The standard InChI is InChI=1S/C17H14F3N/c1-12-3-2-4-16-15(12)9-10-21(16)11-13-5-7-14(8-6-13)17(18,19)20/h2-10H,11H2,1H3. The third kappa shape index (κ3) is 2.66. The zero-order chi connectivity index (χ0) is 15.0. The van der Waals surface area contributed by atoms with Crippen LogP contribution in [0.3, 0.4) is 0 Å². The number of alkyl halides is 3. The van der Waals surface area contributed by atoms with Gasteiger partial charge in [0.25, 0.3) is 0 Å². The van der Waals surface area contributed by atoms with Crippen molar-refractivity contribution in [3.8, 4) is 0 Å². The molecule has 0 bridgehead atoms. The Kier molecular flexibility index (Phi) is 3.24. The first-order chi connectivity index (χ1) is 9.95. The number of rotatable bonds is 2. The molecule has 3 rings (SSSR count). The second kappa shape index (κ2) is 4.95. The second-order valence-electron chi connectivity index (χ2n) is 5.15. The fourth-order valence-corrected chi connectivity index (χ4v) is 2.51. The smallest absolute Gasteiger partial charge is 0.343 e. The van der Waals surface area contributed by atoms with Crippen LogP contribution < -0.4 is 0 Å². The number of hydrogen-bond acceptors (Lipinski definition) is 0. The van der Waals surface area contributed by atoms with E-state index in [1.807, 2.05) is 42.0 Å². The lowest BCUT2D eigenvalue weighted by Gasteiger charge is -2.09. The fourth-order valence-electron chi connectivity index (χ4n) is 2.51. The normalized spacial score (nSPS) is 12.0. The molecule has 4 heteroatoms. The van der Waals surface area contributed by atoms with E-state index in [1.165, 1.54) is 23.1 Å². The van der Waals surface area contributed by atoms with E-state index < -0.39 is 11.7 Å². The van der Waals surface area contributed by atoms with Gasteiger partial charge in [0.2, 0.25) is 0 Å². The molecule has 2 aromatic carbocycles. The van der Waals surface area contributed by atoms with Crippen molar-refractivity contribution in [2.45, 2.75) is 19.6 Å². The molecule has 0 aliphatic rings. The topological polar surface area (TPSA) is 4.93 Å². The van der Waals surface area contributed by atoms with Gasteiger partial charge in [-0.15, -0.1) is 0 Å². The number of fused-ring (bicyclic) bond motifs is 1. The van der Waals surface area contributed by atoms with Crippen molar-refractivity contribution in [2.75, 3.05) is 0 Å². The maximum absolute atomic E-state index is 12.5. The molecule has 0 unspecified atom stereocenters. The molecule has 0 N–H and O–H groups in total. The summed E-state index contributed by atoms with van der Waals surface area (Å²) < 4.78 is 39.7. The van der Waals surface area contributed by atoms with Gasteiger partial charge in [0.05, 0.1) is 5.56 Å². The van der Waals surface area contributed by atoms with E-state index in [0.717, 1.165) is 23.2 Å². The van der Waals surface area contributed by atoms with Crippen molar-refractivity contribution in [1.29, 1.82) is 0 Å². The zero-order valence-corrected chi connectivity index (χ0v) is 11.5. The minimum atomic E-state index is -4.28. The lowest BCUT2D eigenvalue weighted by molar-refractivity contribution is -0.137. The minimum Gasteiger partial charge on any atom is -0.343 e. The first kappa shape index (κ1) is 13.7. The Hall–Kier alpha value is -2.23. The maximum Gasteiger partial charge on any atom is 0.416 e. The van der Waals surface area contributed by atoms with E-state index in [-0.39, 0.29) is 0 Å². The predicted molar refractivity (Wildman–Crippen MR) is 77.2 cm³/mol. The van der Waals surface area contributed by atoms with Crippen LogP contribution in [-0.4, -0.2) is 4.57 Å². The summed E-state index contributed by atoms with van der Waals surface area (Å²) >= 11 is 0. The van der Waals surface area contributed by atoms with Gasteiger partial charge in [-0.2, -0.15) is 13.2 Å². The van der Waals surface area contributed by atoms with E-state index >= 15 is 0 Å². The van der Waals surface area contributed by atoms with E-state index in [2.05, 4.69) is 0 Å². The molecule has 0 aliphatic heterocycles. The summed E-state index contributed by atoms with van der Waals surface area (Å²) in [7, 11) is 0. The molecule has 0 saturated heterocycles. The Bertz CT molecular complexity index is 767. The van der Waals surface area contributed by atoms with Gasteiger partial charge in [-0.1, -0.05) is 24.3 Å². The first-order valence-corrected chi connectivity index (χ1v) is 6.66. The second-order valence-corrected chi connectivity index (χ2v) is 5.15. The van der Waals surface area contributed by atoms with Crippen molar-refractivity contribution in [1.82, 2.24) is 4.57 Å². The van der Waals surface area contributed by atoms with Gasteiger partial charge in [-0.25, -0.2) is 0 Å². The molecule has 3 aromatic rings. The first-order valence-electron chi connectivity index (χ1n) is 6.66. The van der Waals surface area contributed by atoms with E-state index in [9.17, 15) is 13.2 Å². The van der Waals surface area contributed by atoms with E-state index in [1.54, 1.807) is 0 Å². The van der Waals surface area contributed by atoms with Crippen LogP contribution in [0.15, 0.2) is 54.7 Å². The minimum absolute atomic E-state index is 0.561. The van der Waals surface area contributed by atoms with Gasteiger partial charge in [-0.05, 0) is 42.3 Å².